The van der Waals surface area contributed by atoms with E-state index >= 15 is 0 Å². The molecule has 1 aromatic rings. The van der Waals surface area contributed by atoms with Crippen LogP contribution in [-0.2, 0) is 9.53 Å². The molecule has 0 amide bonds. The molecule has 3 aliphatic rings. The number of ketones is 1. The fraction of sp³-hybridized carbons (Fsp3) is 0.400. The first-order chi connectivity index (χ1) is 12.2. The normalized spacial score (nSPS) is 21.4. The molecule has 0 bridgehead atoms. The molecule has 1 fully saturated rings. The highest BCUT2D eigenvalue weighted by molar-refractivity contribution is 7.02. The van der Waals surface area contributed by atoms with Crippen molar-refractivity contribution in [1.82, 2.24) is 0 Å². The molecular weight excluding hydrogens is 328 g/mol. The molecule has 0 unspecified atom stereocenters. The lowest BCUT2D eigenvalue weighted by molar-refractivity contribution is -0.110. The van der Waals surface area contributed by atoms with E-state index in [0.29, 0.717) is 0 Å². The first-order valence-electron chi connectivity index (χ1n) is 9.18. The summed E-state index contributed by atoms with van der Waals surface area (Å²) in [5, 5.41) is 2.61. The first-order valence-corrected chi connectivity index (χ1v) is 11.6. The fourth-order valence-electron chi connectivity index (χ4n) is 4.31. The molecule has 0 aromatic heterocycles. The van der Waals surface area contributed by atoms with Crippen LogP contribution >= 0.6 is 0 Å². The number of hydrogen-bond donors (Lipinski definition) is 0. The number of morpholine rings is 1. The topological polar surface area (TPSA) is 41.9 Å². The minimum absolute atomic E-state index is 0.0977. The summed E-state index contributed by atoms with van der Waals surface area (Å²) in [7, 11) is -1.95. The van der Waals surface area contributed by atoms with E-state index in [1.165, 1.54) is 16.1 Å². The smallest absolute Gasteiger partial charge is 0.178 e. The molecule has 0 radical (unpaired) electrons. The van der Waals surface area contributed by atoms with Gasteiger partial charge in [0.2, 0.25) is 0 Å². The van der Waals surface area contributed by atoms with Crippen LogP contribution in [-0.4, -0.2) is 45.9 Å². The third-order valence-electron chi connectivity index (χ3n) is 5.80. The number of hydrogen-bond acceptors (Lipinski definition) is 4. The summed E-state index contributed by atoms with van der Waals surface area (Å²) in [5.41, 5.74) is 3.36. The van der Waals surface area contributed by atoms with E-state index in [-0.39, 0.29) is 5.78 Å². The Bertz CT molecular complexity index is 800. The van der Waals surface area contributed by atoms with Crippen molar-refractivity contribution in [3.05, 3.63) is 41.6 Å². The number of carbonyl (C=O) groups excluding carboxylic acids is 1. The third-order valence-corrected chi connectivity index (χ3v) is 11.1. The van der Waals surface area contributed by atoms with E-state index in [2.05, 4.69) is 36.9 Å². The molecule has 0 saturated carbocycles. The Morgan fingerprint density at radius 2 is 1.92 bits per heavy atom. The number of aliphatic imine (C=N–C) groups is 1. The van der Waals surface area contributed by atoms with E-state index in [1.807, 2.05) is 12.2 Å². The Kier molecular flexibility index (Phi) is 4.21. The van der Waals surface area contributed by atoms with Crippen LogP contribution in [0.15, 0.2) is 46.6 Å². The second kappa shape index (κ2) is 6.39. The lowest BCUT2D eigenvalue weighted by atomic mass is 10.1. The van der Waals surface area contributed by atoms with E-state index in [1.54, 1.807) is 6.08 Å². The van der Waals surface area contributed by atoms with Crippen molar-refractivity contribution in [3.63, 3.8) is 0 Å². The number of rotatable bonds is 3. The maximum absolute atomic E-state index is 12.0. The number of anilines is 1. The van der Waals surface area contributed by atoms with Crippen LogP contribution in [0.25, 0.3) is 0 Å². The number of nitrogens with zero attached hydrogens (tertiary/aromatic N) is 2. The van der Waals surface area contributed by atoms with Gasteiger partial charge >= 0.3 is 0 Å². The van der Waals surface area contributed by atoms with Crippen molar-refractivity contribution in [2.45, 2.75) is 25.9 Å². The van der Waals surface area contributed by atoms with Gasteiger partial charge in [-0.1, -0.05) is 25.9 Å². The molecule has 0 atom stereocenters. The standard InChI is InChI=1S/C20H24N2O2Si/c1-3-25(4-2)19-13-15(22-9-11-24-12-10-22)5-7-17(19)21-18-8-6-16(23)14-20(18)25/h5-8,13-14H,3-4,9-12H2,1-2H3. The maximum Gasteiger partial charge on any atom is 0.178 e. The highest BCUT2D eigenvalue weighted by Gasteiger charge is 2.43. The molecule has 2 aliphatic heterocycles. The highest BCUT2D eigenvalue weighted by atomic mass is 28.3. The third kappa shape index (κ3) is 2.62. The number of fused-ring (bicyclic) bond motifs is 2. The van der Waals surface area contributed by atoms with Gasteiger partial charge in [0, 0.05) is 18.8 Å². The van der Waals surface area contributed by atoms with Crippen LogP contribution in [0.3, 0.4) is 0 Å². The fourth-order valence-corrected chi connectivity index (χ4v) is 8.72. The second-order valence-corrected chi connectivity index (χ2v) is 11.5. The van der Waals surface area contributed by atoms with Gasteiger partial charge in [-0.15, -0.1) is 0 Å². The quantitative estimate of drug-likeness (QED) is 0.620. The van der Waals surface area contributed by atoms with Crippen molar-refractivity contribution >= 4 is 36.1 Å². The molecule has 4 nitrogen and oxygen atoms in total. The molecule has 1 saturated heterocycles. The van der Waals surface area contributed by atoms with Crippen LogP contribution in [0.4, 0.5) is 11.4 Å². The van der Waals surface area contributed by atoms with Crippen molar-refractivity contribution in [3.8, 4) is 0 Å². The summed E-state index contributed by atoms with van der Waals surface area (Å²) in [6.07, 6.45) is 5.39. The average Bonchev–Trinajstić information content (AvgIpc) is 2.67. The monoisotopic (exact) mass is 352 g/mol. The zero-order valence-electron chi connectivity index (χ0n) is 14.9. The largest absolute Gasteiger partial charge is 0.378 e. The molecule has 2 heterocycles. The summed E-state index contributed by atoms with van der Waals surface area (Å²) >= 11 is 0. The number of carbonyl (C=O) groups is 1. The van der Waals surface area contributed by atoms with Crippen molar-refractivity contribution in [2.75, 3.05) is 31.2 Å². The highest BCUT2D eigenvalue weighted by Crippen LogP contribution is 2.36. The van der Waals surface area contributed by atoms with Gasteiger partial charge in [0.25, 0.3) is 0 Å². The van der Waals surface area contributed by atoms with Crippen LogP contribution in [0.1, 0.15) is 13.8 Å². The molecule has 4 rings (SSSR count). The summed E-state index contributed by atoms with van der Waals surface area (Å²) in [6, 6.07) is 8.89. The van der Waals surface area contributed by atoms with Gasteiger partial charge in [-0.05, 0) is 46.8 Å². The second-order valence-electron chi connectivity index (χ2n) is 6.88. The molecule has 0 spiro atoms. The van der Waals surface area contributed by atoms with Gasteiger partial charge < -0.3 is 9.64 Å². The zero-order valence-corrected chi connectivity index (χ0v) is 15.9. The molecule has 130 valence electrons. The predicted octanol–water partition coefficient (Wildman–Crippen LogP) is 2.91. The lowest BCUT2D eigenvalue weighted by Crippen LogP contribution is -2.53. The minimum atomic E-state index is -1.95. The predicted molar refractivity (Wildman–Crippen MR) is 105 cm³/mol. The molecule has 1 aromatic carbocycles. The summed E-state index contributed by atoms with van der Waals surface area (Å²) in [4.78, 5) is 19.3. The van der Waals surface area contributed by atoms with Crippen LogP contribution in [0, 0.1) is 0 Å². The number of ether oxygens (including phenoxy) is 1. The lowest BCUT2D eigenvalue weighted by Gasteiger charge is -2.39. The molecule has 0 N–H and O–H groups in total. The Balaban J connectivity index is 1.87. The Morgan fingerprint density at radius 3 is 2.64 bits per heavy atom. The van der Waals surface area contributed by atoms with Crippen molar-refractivity contribution in [2.24, 2.45) is 4.99 Å². The van der Waals surface area contributed by atoms with E-state index in [4.69, 9.17) is 9.73 Å². The Morgan fingerprint density at radius 1 is 1.16 bits per heavy atom. The number of allylic oxidation sites excluding steroid dienone is 4. The minimum Gasteiger partial charge on any atom is -0.378 e. The Labute approximate surface area is 149 Å². The van der Waals surface area contributed by atoms with Gasteiger partial charge in [-0.3, -0.25) is 4.79 Å². The SMILES string of the molecule is CC[Si]1(CC)C2=CC(=O)C=CC2=Nc2ccc(N3CCOCC3)cc21. The maximum atomic E-state index is 12.0. The van der Waals surface area contributed by atoms with Crippen LogP contribution in [0.5, 0.6) is 0 Å². The molecule has 1 aliphatic carbocycles. The number of benzene rings is 1. The van der Waals surface area contributed by atoms with E-state index in [0.717, 1.165) is 49.8 Å². The molecular formula is C20H24N2O2Si. The van der Waals surface area contributed by atoms with Gasteiger partial charge in [0.15, 0.2) is 5.78 Å². The van der Waals surface area contributed by atoms with Crippen molar-refractivity contribution in [1.29, 1.82) is 0 Å². The van der Waals surface area contributed by atoms with Crippen LogP contribution in [0.2, 0.25) is 12.1 Å². The summed E-state index contributed by atoms with van der Waals surface area (Å²) in [5.74, 6) is 0.0977. The molecule has 25 heavy (non-hydrogen) atoms. The van der Waals surface area contributed by atoms with E-state index < -0.39 is 8.07 Å². The Hall–Kier alpha value is -1.98. The van der Waals surface area contributed by atoms with Gasteiger partial charge in [-0.25, -0.2) is 4.99 Å². The average molecular weight is 353 g/mol. The molecule has 5 heteroatoms. The first kappa shape index (κ1) is 16.5. The van der Waals surface area contributed by atoms with E-state index in [9.17, 15) is 4.79 Å². The van der Waals surface area contributed by atoms with Gasteiger partial charge in [-0.2, -0.15) is 0 Å². The van der Waals surface area contributed by atoms with Gasteiger partial charge in [0.05, 0.1) is 24.6 Å². The van der Waals surface area contributed by atoms with Gasteiger partial charge in [0.1, 0.15) is 8.07 Å². The zero-order chi connectivity index (χ0) is 17.4. The summed E-state index contributed by atoms with van der Waals surface area (Å²) in [6.45, 7) is 7.98. The van der Waals surface area contributed by atoms with Crippen molar-refractivity contribution < 1.29 is 9.53 Å². The van der Waals surface area contributed by atoms with Crippen LogP contribution < -0.4 is 10.1 Å². The summed E-state index contributed by atoms with van der Waals surface area (Å²) < 4.78 is 5.49.